The molecule has 3 rings (SSSR count). The zero-order chi connectivity index (χ0) is 23.8. The smallest absolute Gasteiger partial charge is 0.266 e. The largest absolute Gasteiger partial charge is 0.494 e. The summed E-state index contributed by atoms with van der Waals surface area (Å²) in [5.41, 5.74) is 1.96. The van der Waals surface area contributed by atoms with Crippen LogP contribution in [0.4, 0.5) is 10.1 Å². The molecule has 0 bridgehead atoms. The molecule has 1 N–H and O–H groups in total. The Morgan fingerprint density at radius 2 is 1.79 bits per heavy atom. The van der Waals surface area contributed by atoms with Crippen LogP contribution in [0.1, 0.15) is 18.1 Å². The SMILES string of the molecule is CCOc1ccc(NC(=O)/C(C#N)=C\c2cc(I)c(OCc3cccc(F)c3)c(I)c2)cc1. The molecule has 0 aliphatic heterocycles. The Bertz CT molecular complexity index is 1200. The van der Waals surface area contributed by atoms with E-state index in [0.29, 0.717) is 29.4 Å². The van der Waals surface area contributed by atoms with Crippen molar-refractivity contribution in [3.05, 3.63) is 90.3 Å². The normalized spacial score (nSPS) is 10.9. The molecule has 168 valence electrons. The van der Waals surface area contributed by atoms with Crippen molar-refractivity contribution in [2.24, 2.45) is 0 Å². The highest BCUT2D eigenvalue weighted by Crippen LogP contribution is 2.30. The average molecular weight is 668 g/mol. The van der Waals surface area contributed by atoms with E-state index < -0.39 is 5.91 Å². The molecule has 0 aliphatic carbocycles. The monoisotopic (exact) mass is 668 g/mol. The van der Waals surface area contributed by atoms with Crippen molar-refractivity contribution in [2.45, 2.75) is 13.5 Å². The fraction of sp³-hybridized carbons (Fsp3) is 0.120. The van der Waals surface area contributed by atoms with Crippen molar-refractivity contribution in [3.63, 3.8) is 0 Å². The summed E-state index contributed by atoms with van der Waals surface area (Å²) in [5.74, 6) is 0.553. The first-order valence-electron chi connectivity index (χ1n) is 9.92. The van der Waals surface area contributed by atoms with Crippen LogP contribution < -0.4 is 14.8 Å². The number of carbonyl (C=O) groups excluding carboxylic acids is 1. The zero-order valence-corrected chi connectivity index (χ0v) is 21.9. The maximum absolute atomic E-state index is 13.4. The van der Waals surface area contributed by atoms with Gasteiger partial charge in [-0.2, -0.15) is 5.26 Å². The fourth-order valence-corrected chi connectivity index (χ4v) is 5.03. The van der Waals surface area contributed by atoms with Crippen LogP contribution in [-0.4, -0.2) is 12.5 Å². The molecule has 0 radical (unpaired) electrons. The standard InChI is InChI=1S/C25H19FI2N2O3/c1-2-32-21-8-6-20(7-9-21)30-25(31)18(14-29)10-17-12-22(27)24(23(28)13-17)33-15-16-4-3-5-19(26)11-16/h3-13H,2,15H2,1H3,(H,30,31)/b18-10-. The summed E-state index contributed by atoms with van der Waals surface area (Å²) in [6.45, 7) is 2.68. The molecule has 0 unspecified atom stereocenters. The molecular weight excluding hydrogens is 649 g/mol. The first-order chi connectivity index (χ1) is 15.9. The van der Waals surface area contributed by atoms with Crippen molar-refractivity contribution in [1.29, 1.82) is 5.26 Å². The molecule has 33 heavy (non-hydrogen) atoms. The minimum absolute atomic E-state index is 0.0242. The highest BCUT2D eigenvalue weighted by atomic mass is 127. The molecule has 1 amide bonds. The molecule has 0 saturated heterocycles. The fourth-order valence-electron chi connectivity index (χ4n) is 2.90. The van der Waals surface area contributed by atoms with Gasteiger partial charge in [0.25, 0.3) is 5.91 Å². The summed E-state index contributed by atoms with van der Waals surface area (Å²) in [5, 5.41) is 12.2. The molecule has 0 aliphatic rings. The second-order valence-electron chi connectivity index (χ2n) is 6.81. The molecule has 0 atom stereocenters. The minimum atomic E-state index is -0.502. The number of hydrogen-bond acceptors (Lipinski definition) is 4. The summed E-state index contributed by atoms with van der Waals surface area (Å²) in [6, 6.07) is 18.8. The highest BCUT2D eigenvalue weighted by Gasteiger charge is 2.13. The Morgan fingerprint density at radius 3 is 2.39 bits per heavy atom. The summed E-state index contributed by atoms with van der Waals surface area (Å²) in [6.07, 6.45) is 1.53. The summed E-state index contributed by atoms with van der Waals surface area (Å²) in [4.78, 5) is 12.6. The van der Waals surface area contributed by atoms with Crippen LogP contribution in [-0.2, 0) is 11.4 Å². The van der Waals surface area contributed by atoms with Gasteiger partial charge >= 0.3 is 0 Å². The van der Waals surface area contributed by atoms with Gasteiger partial charge in [-0.1, -0.05) is 12.1 Å². The van der Waals surface area contributed by atoms with Crippen LogP contribution in [0.5, 0.6) is 11.5 Å². The first-order valence-corrected chi connectivity index (χ1v) is 12.1. The Kier molecular flexibility index (Phi) is 9.08. The maximum Gasteiger partial charge on any atom is 0.266 e. The Labute approximate surface area is 218 Å². The number of ether oxygens (including phenoxy) is 2. The Balaban J connectivity index is 1.73. The van der Waals surface area contributed by atoms with Gasteiger partial charge in [0.2, 0.25) is 0 Å². The quantitative estimate of drug-likeness (QED) is 0.168. The summed E-state index contributed by atoms with van der Waals surface area (Å²) in [7, 11) is 0. The van der Waals surface area contributed by atoms with Gasteiger partial charge in [-0.15, -0.1) is 0 Å². The lowest BCUT2D eigenvalue weighted by atomic mass is 10.1. The van der Waals surface area contributed by atoms with E-state index >= 15 is 0 Å². The van der Waals surface area contributed by atoms with Gasteiger partial charge in [0, 0.05) is 5.69 Å². The van der Waals surface area contributed by atoms with Gasteiger partial charge in [0.15, 0.2) is 0 Å². The van der Waals surface area contributed by atoms with Gasteiger partial charge < -0.3 is 14.8 Å². The number of rotatable bonds is 8. The molecule has 8 heteroatoms. The van der Waals surface area contributed by atoms with Gasteiger partial charge in [-0.25, -0.2) is 4.39 Å². The van der Waals surface area contributed by atoms with Gasteiger partial charge in [0.05, 0.1) is 13.7 Å². The minimum Gasteiger partial charge on any atom is -0.494 e. The van der Waals surface area contributed by atoms with E-state index in [4.69, 9.17) is 9.47 Å². The molecule has 0 spiro atoms. The summed E-state index contributed by atoms with van der Waals surface area (Å²) >= 11 is 4.27. The second kappa shape index (κ2) is 12.0. The highest BCUT2D eigenvalue weighted by molar-refractivity contribution is 14.1. The number of hydrogen-bond donors (Lipinski definition) is 1. The maximum atomic E-state index is 13.4. The molecule has 3 aromatic rings. The van der Waals surface area contributed by atoms with Crippen molar-refractivity contribution < 1.29 is 18.7 Å². The van der Waals surface area contributed by atoms with Gasteiger partial charge in [0.1, 0.15) is 35.6 Å². The van der Waals surface area contributed by atoms with E-state index in [1.54, 1.807) is 36.4 Å². The van der Waals surface area contributed by atoms with E-state index in [1.165, 1.54) is 18.2 Å². The van der Waals surface area contributed by atoms with E-state index in [9.17, 15) is 14.4 Å². The Morgan fingerprint density at radius 1 is 1.09 bits per heavy atom. The number of amides is 1. The van der Waals surface area contributed by atoms with Crippen LogP contribution in [0.15, 0.2) is 66.2 Å². The van der Waals surface area contributed by atoms with Crippen LogP contribution >= 0.6 is 45.2 Å². The number of nitrogens with one attached hydrogen (secondary N) is 1. The number of nitrogens with zero attached hydrogens (tertiary/aromatic N) is 1. The van der Waals surface area contributed by atoms with Crippen LogP contribution in [0.2, 0.25) is 0 Å². The lowest BCUT2D eigenvalue weighted by Crippen LogP contribution is -2.13. The number of carbonyl (C=O) groups is 1. The Hall–Kier alpha value is -2.65. The van der Waals surface area contributed by atoms with Crippen LogP contribution in [0, 0.1) is 24.3 Å². The molecule has 3 aromatic carbocycles. The second-order valence-corrected chi connectivity index (χ2v) is 9.14. The number of halogens is 3. The van der Waals surface area contributed by atoms with Crippen molar-refractivity contribution >= 4 is 62.9 Å². The van der Waals surface area contributed by atoms with Crippen molar-refractivity contribution in [2.75, 3.05) is 11.9 Å². The third-order valence-corrected chi connectivity index (χ3v) is 5.99. The van der Waals surface area contributed by atoms with Crippen molar-refractivity contribution in [3.8, 4) is 17.6 Å². The topological polar surface area (TPSA) is 71.3 Å². The predicted octanol–water partition coefficient (Wildman–Crippen LogP) is 6.56. The van der Waals surface area contributed by atoms with E-state index in [-0.39, 0.29) is 18.0 Å². The lowest BCUT2D eigenvalue weighted by molar-refractivity contribution is -0.112. The third kappa shape index (κ3) is 7.17. The van der Waals surface area contributed by atoms with Gasteiger partial charge in [-0.3, -0.25) is 4.79 Å². The molecule has 0 fully saturated rings. The predicted molar refractivity (Wildman–Crippen MR) is 142 cm³/mol. The van der Waals surface area contributed by atoms with Crippen molar-refractivity contribution in [1.82, 2.24) is 0 Å². The van der Waals surface area contributed by atoms with E-state index in [1.807, 2.05) is 25.1 Å². The number of nitriles is 1. The molecular formula is C25H19FI2N2O3. The molecule has 0 aromatic heterocycles. The number of benzene rings is 3. The van der Waals surface area contributed by atoms with E-state index in [0.717, 1.165) is 12.7 Å². The number of anilines is 1. The van der Waals surface area contributed by atoms with Crippen LogP contribution in [0.25, 0.3) is 6.08 Å². The van der Waals surface area contributed by atoms with Crippen LogP contribution in [0.3, 0.4) is 0 Å². The van der Waals surface area contributed by atoms with Gasteiger partial charge in [-0.05, 0) is 118 Å². The molecule has 5 nitrogen and oxygen atoms in total. The zero-order valence-electron chi connectivity index (χ0n) is 17.6. The first kappa shape index (κ1) is 25.0. The third-order valence-electron chi connectivity index (χ3n) is 4.39. The summed E-state index contributed by atoms with van der Waals surface area (Å²) < 4.78 is 26.3. The molecule has 0 heterocycles. The average Bonchev–Trinajstić information content (AvgIpc) is 2.78. The lowest BCUT2D eigenvalue weighted by Gasteiger charge is -2.12. The van der Waals surface area contributed by atoms with E-state index in [2.05, 4.69) is 50.5 Å². The molecule has 0 saturated carbocycles.